The van der Waals surface area contributed by atoms with Crippen molar-refractivity contribution in [3.05, 3.63) is 28.2 Å². The lowest BCUT2D eigenvalue weighted by molar-refractivity contribution is 0.144. The Hall–Kier alpha value is -1.33. The summed E-state index contributed by atoms with van der Waals surface area (Å²) < 4.78 is 1.98. The van der Waals surface area contributed by atoms with Gasteiger partial charge in [0.1, 0.15) is 0 Å². The van der Waals surface area contributed by atoms with Crippen molar-refractivity contribution in [2.75, 3.05) is 33.2 Å². The molecule has 1 saturated heterocycles. The summed E-state index contributed by atoms with van der Waals surface area (Å²) in [7, 11) is 2.13. The lowest BCUT2D eigenvalue weighted by atomic mass is 10.2. The number of hydrogen-bond acceptors (Lipinski definition) is 4. The minimum absolute atomic E-state index is 0.171. The third-order valence-electron chi connectivity index (χ3n) is 3.68. The first kappa shape index (κ1) is 14.1. The minimum atomic E-state index is -0.291. The Balaban J connectivity index is 2.19. The highest BCUT2D eigenvalue weighted by Gasteiger charge is 2.16. The Morgan fingerprint density at radius 2 is 1.89 bits per heavy atom. The molecule has 5 heteroatoms. The highest BCUT2D eigenvalue weighted by molar-refractivity contribution is 5.21. The average molecular weight is 265 g/mol. The monoisotopic (exact) mass is 265 g/mol. The summed E-state index contributed by atoms with van der Waals surface area (Å²) in [5, 5.41) is 9.56. The number of nitrogens with zero attached hydrogens (tertiary/aromatic N) is 3. The van der Waals surface area contributed by atoms with E-state index in [1.165, 1.54) is 0 Å². The third kappa shape index (κ3) is 3.36. The molecule has 1 fully saturated rings. The number of likely N-dealkylation sites (N-methyl/N-ethyl adjacent to an activating group) is 1. The number of pyridine rings is 1. The summed E-state index contributed by atoms with van der Waals surface area (Å²) in [6.45, 7) is 9.03. The zero-order chi connectivity index (χ0) is 14.0. The number of aromatic hydroxyl groups is 1. The first-order chi connectivity index (χ1) is 8.97. The van der Waals surface area contributed by atoms with Crippen LogP contribution in [0.4, 0.5) is 0 Å². The van der Waals surface area contributed by atoms with E-state index in [0.717, 1.165) is 38.4 Å². The van der Waals surface area contributed by atoms with Crippen molar-refractivity contribution < 1.29 is 5.11 Å². The van der Waals surface area contributed by atoms with Crippen LogP contribution in [0.15, 0.2) is 17.1 Å². The molecule has 2 heterocycles. The molecule has 0 bridgehead atoms. The Bertz CT molecular complexity index is 488. The van der Waals surface area contributed by atoms with Gasteiger partial charge in [0.05, 0.1) is 6.20 Å². The zero-order valence-corrected chi connectivity index (χ0v) is 12.0. The summed E-state index contributed by atoms with van der Waals surface area (Å²) in [5.74, 6) is -0.171. The second-order valence-corrected chi connectivity index (χ2v) is 5.59. The molecule has 0 amide bonds. The molecule has 2 rings (SSSR count). The molecule has 0 aromatic carbocycles. The number of aromatic nitrogens is 1. The van der Waals surface area contributed by atoms with Gasteiger partial charge >= 0.3 is 0 Å². The molecule has 0 spiro atoms. The molecule has 0 saturated carbocycles. The van der Waals surface area contributed by atoms with Crippen LogP contribution in [0.5, 0.6) is 5.75 Å². The van der Waals surface area contributed by atoms with Crippen LogP contribution in [-0.2, 0) is 6.54 Å². The van der Waals surface area contributed by atoms with Gasteiger partial charge in [0.2, 0.25) is 5.43 Å². The topological polar surface area (TPSA) is 48.7 Å². The van der Waals surface area contributed by atoms with Gasteiger partial charge in [-0.05, 0) is 20.9 Å². The Morgan fingerprint density at radius 1 is 1.26 bits per heavy atom. The Kier molecular flexibility index (Phi) is 4.27. The molecule has 1 aliphatic heterocycles. The van der Waals surface area contributed by atoms with E-state index in [9.17, 15) is 9.90 Å². The Labute approximate surface area is 114 Å². The van der Waals surface area contributed by atoms with Crippen molar-refractivity contribution in [2.45, 2.75) is 26.4 Å². The average Bonchev–Trinajstić information content (AvgIpc) is 2.36. The van der Waals surface area contributed by atoms with Crippen LogP contribution in [0.2, 0.25) is 0 Å². The maximum atomic E-state index is 11.6. The van der Waals surface area contributed by atoms with E-state index in [-0.39, 0.29) is 17.2 Å². The van der Waals surface area contributed by atoms with Crippen molar-refractivity contribution in [2.24, 2.45) is 0 Å². The summed E-state index contributed by atoms with van der Waals surface area (Å²) in [4.78, 5) is 16.3. The second kappa shape index (κ2) is 5.75. The molecule has 1 aromatic heterocycles. The van der Waals surface area contributed by atoms with Crippen LogP contribution in [-0.4, -0.2) is 52.7 Å². The van der Waals surface area contributed by atoms with E-state index < -0.39 is 0 Å². The molecule has 19 heavy (non-hydrogen) atoms. The van der Waals surface area contributed by atoms with Gasteiger partial charge in [-0.1, -0.05) is 0 Å². The third-order valence-corrected chi connectivity index (χ3v) is 3.68. The molecule has 1 aromatic rings. The number of rotatable bonds is 3. The van der Waals surface area contributed by atoms with Gasteiger partial charge in [-0.3, -0.25) is 9.69 Å². The molecule has 1 aliphatic rings. The van der Waals surface area contributed by atoms with Crippen molar-refractivity contribution in [3.63, 3.8) is 0 Å². The van der Waals surface area contributed by atoms with Crippen LogP contribution in [0, 0.1) is 0 Å². The molecular weight excluding hydrogens is 242 g/mol. The van der Waals surface area contributed by atoms with Gasteiger partial charge in [-0.25, -0.2) is 0 Å². The van der Waals surface area contributed by atoms with Crippen molar-refractivity contribution >= 4 is 0 Å². The summed E-state index contributed by atoms with van der Waals surface area (Å²) >= 11 is 0. The van der Waals surface area contributed by atoms with E-state index in [1.54, 1.807) is 12.3 Å². The fourth-order valence-electron chi connectivity index (χ4n) is 2.42. The molecular formula is C14H23N3O2. The Morgan fingerprint density at radius 3 is 2.47 bits per heavy atom. The van der Waals surface area contributed by atoms with Gasteiger partial charge in [-0.2, -0.15) is 0 Å². The van der Waals surface area contributed by atoms with Crippen LogP contribution >= 0.6 is 0 Å². The van der Waals surface area contributed by atoms with Crippen LogP contribution in [0.1, 0.15) is 25.6 Å². The van der Waals surface area contributed by atoms with E-state index >= 15 is 0 Å². The molecule has 0 radical (unpaired) electrons. The van der Waals surface area contributed by atoms with Crippen molar-refractivity contribution in [3.8, 4) is 5.75 Å². The highest BCUT2D eigenvalue weighted by atomic mass is 16.3. The molecule has 5 nitrogen and oxygen atoms in total. The molecule has 106 valence electrons. The molecule has 0 unspecified atom stereocenters. The highest BCUT2D eigenvalue weighted by Crippen LogP contribution is 2.15. The summed E-state index contributed by atoms with van der Waals surface area (Å²) in [6, 6.07) is 1.79. The van der Waals surface area contributed by atoms with E-state index in [2.05, 4.69) is 30.7 Å². The van der Waals surface area contributed by atoms with Gasteiger partial charge in [0, 0.05) is 50.5 Å². The summed E-state index contributed by atoms with van der Waals surface area (Å²) in [6.07, 6.45) is 1.55. The standard InChI is InChI=1S/C14H23N3O2/c1-11(2)17-10-14(19)13(18)8-12(17)9-16-6-4-15(3)5-7-16/h8,10-11,19H,4-7,9H2,1-3H3. The van der Waals surface area contributed by atoms with Gasteiger partial charge in [0.25, 0.3) is 0 Å². The lowest BCUT2D eigenvalue weighted by Crippen LogP contribution is -2.44. The predicted molar refractivity (Wildman–Crippen MR) is 75.5 cm³/mol. The normalized spacial score (nSPS) is 18.1. The molecule has 0 atom stereocenters. The van der Waals surface area contributed by atoms with Gasteiger partial charge in [-0.15, -0.1) is 0 Å². The summed E-state index contributed by atoms with van der Waals surface area (Å²) in [5.41, 5.74) is 0.684. The predicted octanol–water partition coefficient (Wildman–Crippen LogP) is 0.882. The largest absolute Gasteiger partial charge is 0.503 e. The lowest BCUT2D eigenvalue weighted by Gasteiger charge is -2.33. The smallest absolute Gasteiger partial charge is 0.223 e. The second-order valence-electron chi connectivity index (χ2n) is 5.59. The quantitative estimate of drug-likeness (QED) is 0.881. The zero-order valence-electron chi connectivity index (χ0n) is 12.0. The molecule has 0 aliphatic carbocycles. The minimum Gasteiger partial charge on any atom is -0.503 e. The first-order valence-electron chi connectivity index (χ1n) is 6.82. The SMILES string of the molecule is CC(C)n1cc(O)c(=O)cc1CN1CCN(C)CC1. The molecule has 1 N–H and O–H groups in total. The van der Waals surface area contributed by atoms with E-state index in [1.807, 2.05) is 4.57 Å². The van der Waals surface area contributed by atoms with E-state index in [4.69, 9.17) is 0 Å². The van der Waals surface area contributed by atoms with E-state index in [0.29, 0.717) is 0 Å². The number of hydrogen-bond donors (Lipinski definition) is 1. The van der Waals surface area contributed by atoms with Crippen LogP contribution in [0.3, 0.4) is 0 Å². The van der Waals surface area contributed by atoms with Crippen LogP contribution in [0.25, 0.3) is 0 Å². The van der Waals surface area contributed by atoms with Crippen LogP contribution < -0.4 is 5.43 Å². The fourth-order valence-corrected chi connectivity index (χ4v) is 2.42. The fraction of sp³-hybridized carbons (Fsp3) is 0.643. The van der Waals surface area contributed by atoms with Crippen molar-refractivity contribution in [1.82, 2.24) is 14.4 Å². The van der Waals surface area contributed by atoms with Gasteiger partial charge in [0.15, 0.2) is 5.75 Å². The van der Waals surface area contributed by atoms with Crippen molar-refractivity contribution in [1.29, 1.82) is 0 Å². The maximum Gasteiger partial charge on any atom is 0.223 e. The first-order valence-corrected chi connectivity index (χ1v) is 6.82. The maximum absolute atomic E-state index is 11.6. The number of piperazine rings is 1. The van der Waals surface area contributed by atoms with Gasteiger partial charge < -0.3 is 14.6 Å².